The Morgan fingerprint density at radius 1 is 1.70 bits per heavy atom. The minimum atomic E-state index is 0.312. The molecule has 1 aliphatic rings. The van der Waals surface area contributed by atoms with E-state index in [1.165, 1.54) is 12.8 Å². The molecule has 1 atom stereocenters. The average Bonchev–Trinajstić information content (AvgIpc) is 2.49. The highest BCUT2D eigenvalue weighted by atomic mass is 15.2. The lowest BCUT2D eigenvalue weighted by molar-refractivity contribution is 0.407. The van der Waals surface area contributed by atoms with Crippen molar-refractivity contribution in [2.75, 3.05) is 0 Å². The second kappa shape index (κ2) is 2.36. The molecule has 0 saturated heterocycles. The highest BCUT2D eigenvalue weighted by Gasteiger charge is 2.44. The quantitative estimate of drug-likeness (QED) is 0.351. The molecule has 0 amide bonds. The number of hydrogen-bond donors (Lipinski definition) is 2. The van der Waals surface area contributed by atoms with Gasteiger partial charge in [0.25, 0.3) is 0 Å². The zero-order valence-corrected chi connectivity index (χ0v) is 6.78. The van der Waals surface area contributed by atoms with Crippen LogP contribution in [0.1, 0.15) is 26.7 Å². The summed E-state index contributed by atoms with van der Waals surface area (Å²) in [6.07, 6.45) is 2.55. The van der Waals surface area contributed by atoms with Gasteiger partial charge in [-0.3, -0.25) is 11.3 Å². The van der Waals surface area contributed by atoms with Crippen LogP contribution in [0.4, 0.5) is 0 Å². The molecule has 2 heteroatoms. The predicted molar refractivity (Wildman–Crippen MR) is 43.3 cm³/mol. The van der Waals surface area contributed by atoms with Crippen molar-refractivity contribution in [3.63, 3.8) is 0 Å². The first kappa shape index (κ1) is 7.76. The third-order valence-electron chi connectivity index (χ3n) is 2.40. The molecule has 1 rings (SSSR count). The van der Waals surface area contributed by atoms with Gasteiger partial charge < -0.3 is 0 Å². The minimum Gasteiger partial charge on any atom is -0.271 e. The lowest BCUT2D eigenvalue weighted by Crippen LogP contribution is -2.41. The zero-order chi connectivity index (χ0) is 7.78. The van der Waals surface area contributed by atoms with E-state index in [0.717, 1.165) is 5.57 Å². The lowest BCUT2D eigenvalue weighted by atomic mass is 9.94. The maximum atomic E-state index is 5.39. The monoisotopic (exact) mass is 140 g/mol. The number of rotatable bonds is 3. The largest absolute Gasteiger partial charge is 0.271 e. The summed E-state index contributed by atoms with van der Waals surface area (Å²) in [6, 6.07) is 0.312. The molecular weight excluding hydrogens is 124 g/mol. The number of nitrogens with one attached hydrogen (secondary N) is 1. The fourth-order valence-corrected chi connectivity index (χ4v) is 1.42. The molecule has 1 unspecified atom stereocenters. The van der Waals surface area contributed by atoms with Crippen LogP contribution >= 0.6 is 0 Å². The first-order chi connectivity index (χ1) is 4.60. The maximum Gasteiger partial charge on any atom is 0.0468 e. The van der Waals surface area contributed by atoms with Gasteiger partial charge in [0.1, 0.15) is 0 Å². The van der Waals surface area contributed by atoms with Crippen molar-refractivity contribution in [2.24, 2.45) is 11.3 Å². The van der Waals surface area contributed by atoms with Crippen molar-refractivity contribution >= 4 is 0 Å². The Labute approximate surface area is 62.5 Å². The Morgan fingerprint density at radius 2 is 2.20 bits per heavy atom. The molecule has 0 aromatic rings. The predicted octanol–water partition coefficient (Wildman–Crippen LogP) is 1.19. The Hall–Kier alpha value is -0.340. The van der Waals surface area contributed by atoms with Crippen LogP contribution in [0, 0.1) is 5.41 Å². The Morgan fingerprint density at radius 3 is 2.30 bits per heavy atom. The van der Waals surface area contributed by atoms with Crippen molar-refractivity contribution in [3.05, 3.63) is 12.2 Å². The summed E-state index contributed by atoms with van der Waals surface area (Å²) in [4.78, 5) is 0. The molecule has 3 N–H and O–H groups in total. The molecule has 0 spiro atoms. The van der Waals surface area contributed by atoms with E-state index in [0.29, 0.717) is 11.5 Å². The van der Waals surface area contributed by atoms with Crippen molar-refractivity contribution in [1.29, 1.82) is 0 Å². The van der Waals surface area contributed by atoms with Crippen molar-refractivity contribution in [3.8, 4) is 0 Å². The van der Waals surface area contributed by atoms with E-state index in [2.05, 4.69) is 18.9 Å². The summed E-state index contributed by atoms with van der Waals surface area (Å²) in [5.74, 6) is 5.39. The van der Waals surface area contributed by atoms with Crippen molar-refractivity contribution in [2.45, 2.75) is 32.7 Å². The summed E-state index contributed by atoms with van der Waals surface area (Å²) in [7, 11) is 0. The molecule has 0 aromatic heterocycles. The van der Waals surface area contributed by atoms with Gasteiger partial charge in [0.05, 0.1) is 0 Å². The van der Waals surface area contributed by atoms with Crippen LogP contribution in [0.2, 0.25) is 0 Å². The van der Waals surface area contributed by atoms with Gasteiger partial charge in [-0.2, -0.15) is 0 Å². The van der Waals surface area contributed by atoms with Gasteiger partial charge >= 0.3 is 0 Å². The first-order valence-electron chi connectivity index (χ1n) is 3.72. The van der Waals surface area contributed by atoms with E-state index in [9.17, 15) is 0 Å². The summed E-state index contributed by atoms with van der Waals surface area (Å²) >= 11 is 0. The number of hydrazine groups is 1. The van der Waals surface area contributed by atoms with E-state index in [1.54, 1.807) is 0 Å². The smallest absolute Gasteiger partial charge is 0.0468 e. The average molecular weight is 140 g/mol. The maximum absolute atomic E-state index is 5.39. The molecular formula is C8H16N2. The molecule has 1 aliphatic carbocycles. The van der Waals surface area contributed by atoms with Crippen LogP contribution in [0.5, 0.6) is 0 Å². The molecule has 10 heavy (non-hydrogen) atoms. The van der Waals surface area contributed by atoms with E-state index in [-0.39, 0.29) is 0 Å². The molecule has 0 heterocycles. The number of hydrogen-bond acceptors (Lipinski definition) is 2. The van der Waals surface area contributed by atoms with Gasteiger partial charge in [-0.25, -0.2) is 0 Å². The lowest BCUT2D eigenvalue weighted by Gasteiger charge is -2.22. The van der Waals surface area contributed by atoms with Crippen LogP contribution in [-0.2, 0) is 0 Å². The van der Waals surface area contributed by atoms with Crippen LogP contribution in [0.15, 0.2) is 12.2 Å². The first-order valence-corrected chi connectivity index (χ1v) is 3.72. The molecule has 0 aliphatic heterocycles. The van der Waals surface area contributed by atoms with Crippen LogP contribution in [0.3, 0.4) is 0 Å². The number of nitrogens with two attached hydrogens (primary N) is 1. The SMILES string of the molecule is C=C(C)C(NN)C1(C)CC1. The van der Waals surface area contributed by atoms with Crippen molar-refractivity contribution in [1.82, 2.24) is 5.43 Å². The van der Waals surface area contributed by atoms with Gasteiger partial charge in [0, 0.05) is 6.04 Å². The molecule has 1 saturated carbocycles. The molecule has 2 nitrogen and oxygen atoms in total. The van der Waals surface area contributed by atoms with E-state index < -0.39 is 0 Å². The van der Waals surface area contributed by atoms with Crippen LogP contribution in [-0.4, -0.2) is 6.04 Å². The minimum absolute atomic E-state index is 0.312. The molecule has 0 bridgehead atoms. The molecule has 0 aromatic carbocycles. The van der Waals surface area contributed by atoms with E-state index in [1.807, 2.05) is 6.92 Å². The van der Waals surface area contributed by atoms with Gasteiger partial charge in [0.15, 0.2) is 0 Å². The van der Waals surface area contributed by atoms with E-state index in [4.69, 9.17) is 5.84 Å². The van der Waals surface area contributed by atoms with Gasteiger partial charge in [-0.1, -0.05) is 19.1 Å². The highest BCUT2D eigenvalue weighted by molar-refractivity contribution is 5.13. The second-order valence-corrected chi connectivity index (χ2v) is 3.60. The van der Waals surface area contributed by atoms with Crippen molar-refractivity contribution < 1.29 is 0 Å². The van der Waals surface area contributed by atoms with Crippen LogP contribution in [0.25, 0.3) is 0 Å². The third-order valence-corrected chi connectivity index (χ3v) is 2.40. The molecule has 1 fully saturated rings. The Kier molecular flexibility index (Phi) is 1.84. The Bertz CT molecular complexity index is 147. The van der Waals surface area contributed by atoms with Gasteiger partial charge in [-0.15, -0.1) is 0 Å². The molecule has 0 radical (unpaired) electrons. The highest BCUT2D eigenvalue weighted by Crippen LogP contribution is 2.49. The Balaban J connectivity index is 2.57. The summed E-state index contributed by atoms with van der Waals surface area (Å²) in [6.45, 7) is 8.15. The summed E-state index contributed by atoms with van der Waals surface area (Å²) < 4.78 is 0. The fourth-order valence-electron chi connectivity index (χ4n) is 1.42. The molecule has 58 valence electrons. The second-order valence-electron chi connectivity index (χ2n) is 3.60. The third kappa shape index (κ3) is 1.22. The topological polar surface area (TPSA) is 38.0 Å². The summed E-state index contributed by atoms with van der Waals surface area (Å²) in [5, 5.41) is 0. The zero-order valence-electron chi connectivity index (χ0n) is 6.78. The van der Waals surface area contributed by atoms with E-state index >= 15 is 0 Å². The fraction of sp³-hybridized carbons (Fsp3) is 0.750. The normalized spacial score (nSPS) is 23.9. The standard InChI is InChI=1S/C8H16N2/c1-6(2)7(10-9)8(3)4-5-8/h7,10H,1,4-5,9H2,2-3H3. The van der Waals surface area contributed by atoms with Crippen LogP contribution < -0.4 is 11.3 Å². The summed E-state index contributed by atoms with van der Waals surface area (Å²) in [5.41, 5.74) is 4.35. The van der Waals surface area contributed by atoms with Gasteiger partial charge in [-0.05, 0) is 25.2 Å². The van der Waals surface area contributed by atoms with Gasteiger partial charge in [0.2, 0.25) is 0 Å².